The molecule has 0 spiro atoms. The van der Waals surface area contributed by atoms with Gasteiger partial charge in [0.05, 0.1) is 7.11 Å². The molecule has 0 atom stereocenters. The molecule has 1 aromatic carbocycles. The van der Waals surface area contributed by atoms with Crippen molar-refractivity contribution >= 4 is 16.6 Å². The van der Waals surface area contributed by atoms with Crippen LogP contribution in [0, 0.1) is 0 Å². The van der Waals surface area contributed by atoms with Crippen LogP contribution in [0.4, 0.5) is 5.82 Å². The molecule has 2 N–H and O–H groups in total. The van der Waals surface area contributed by atoms with Gasteiger partial charge in [0.2, 0.25) is 0 Å². The van der Waals surface area contributed by atoms with Gasteiger partial charge in [0.1, 0.15) is 11.6 Å². The number of methoxy groups -OCH3 is 1. The fourth-order valence-electron chi connectivity index (χ4n) is 2.03. The molecule has 0 saturated carbocycles. The molecule has 0 bridgehead atoms. The third-order valence-electron chi connectivity index (χ3n) is 2.93. The highest BCUT2D eigenvalue weighted by Gasteiger charge is 2.20. The summed E-state index contributed by atoms with van der Waals surface area (Å²) in [6, 6.07) is 5.87. The molecule has 0 aliphatic rings. The third kappa shape index (κ3) is 1.93. The first-order valence-corrected chi connectivity index (χ1v) is 5.67. The quantitative estimate of drug-likeness (QED) is 0.818. The van der Waals surface area contributed by atoms with Crippen molar-refractivity contribution in [1.82, 2.24) is 4.98 Å². The second-order valence-corrected chi connectivity index (χ2v) is 5.19. The van der Waals surface area contributed by atoms with Crippen LogP contribution in [0.25, 0.3) is 10.8 Å². The van der Waals surface area contributed by atoms with Gasteiger partial charge < -0.3 is 10.5 Å². The molecular formula is C14H18N2O. The summed E-state index contributed by atoms with van der Waals surface area (Å²) in [7, 11) is 1.68. The van der Waals surface area contributed by atoms with Gasteiger partial charge in [-0.15, -0.1) is 0 Å². The second-order valence-electron chi connectivity index (χ2n) is 5.19. The Labute approximate surface area is 102 Å². The maximum atomic E-state index is 5.93. The molecule has 17 heavy (non-hydrogen) atoms. The maximum Gasteiger partial charge on any atom is 0.131 e. The first-order valence-electron chi connectivity index (χ1n) is 5.67. The standard InChI is InChI=1S/C14H18N2O/c1-14(2,3)10-8-16-13(15)9-6-5-7-11(17-4)12(9)10/h5-8H,1-4H3,(H2,15,16). The van der Waals surface area contributed by atoms with E-state index in [1.54, 1.807) is 7.11 Å². The summed E-state index contributed by atoms with van der Waals surface area (Å²) in [5.74, 6) is 1.40. The number of anilines is 1. The van der Waals surface area contributed by atoms with E-state index in [1.807, 2.05) is 24.4 Å². The van der Waals surface area contributed by atoms with Crippen molar-refractivity contribution in [2.24, 2.45) is 0 Å². The summed E-state index contributed by atoms with van der Waals surface area (Å²) in [6.07, 6.45) is 1.85. The number of rotatable bonds is 1. The number of nitrogen functional groups attached to an aromatic ring is 1. The minimum Gasteiger partial charge on any atom is -0.496 e. The lowest BCUT2D eigenvalue weighted by Gasteiger charge is -2.22. The molecule has 0 aliphatic heterocycles. The predicted molar refractivity (Wildman–Crippen MR) is 71.4 cm³/mol. The zero-order valence-corrected chi connectivity index (χ0v) is 10.7. The van der Waals surface area contributed by atoms with Crippen LogP contribution in [0.1, 0.15) is 26.3 Å². The number of hydrogen-bond acceptors (Lipinski definition) is 3. The van der Waals surface area contributed by atoms with Crippen LogP contribution in [0.15, 0.2) is 24.4 Å². The second kappa shape index (κ2) is 3.91. The maximum absolute atomic E-state index is 5.93. The molecule has 3 nitrogen and oxygen atoms in total. The topological polar surface area (TPSA) is 48.1 Å². The van der Waals surface area contributed by atoms with Crippen LogP contribution in [0.5, 0.6) is 5.75 Å². The molecule has 2 rings (SSSR count). The van der Waals surface area contributed by atoms with Crippen LogP contribution in [0.2, 0.25) is 0 Å². The molecule has 0 saturated heterocycles. The fraction of sp³-hybridized carbons (Fsp3) is 0.357. The number of nitrogens with zero attached hydrogens (tertiary/aromatic N) is 1. The van der Waals surface area contributed by atoms with Gasteiger partial charge in [0, 0.05) is 17.0 Å². The Morgan fingerprint density at radius 3 is 2.53 bits per heavy atom. The van der Waals surface area contributed by atoms with E-state index >= 15 is 0 Å². The zero-order chi connectivity index (χ0) is 12.6. The van der Waals surface area contributed by atoms with Gasteiger partial charge in [-0.3, -0.25) is 0 Å². The number of aromatic nitrogens is 1. The molecule has 1 aromatic heterocycles. The Hall–Kier alpha value is -1.77. The number of ether oxygens (including phenoxy) is 1. The van der Waals surface area contributed by atoms with Gasteiger partial charge in [-0.25, -0.2) is 4.98 Å². The molecule has 0 unspecified atom stereocenters. The molecule has 90 valence electrons. The first-order chi connectivity index (χ1) is 7.95. The Morgan fingerprint density at radius 1 is 1.24 bits per heavy atom. The van der Waals surface area contributed by atoms with Crippen LogP contribution in [0.3, 0.4) is 0 Å². The lowest BCUT2D eigenvalue weighted by molar-refractivity contribution is 0.418. The summed E-state index contributed by atoms with van der Waals surface area (Å²) in [5, 5.41) is 2.02. The van der Waals surface area contributed by atoms with Crippen molar-refractivity contribution in [1.29, 1.82) is 0 Å². The van der Waals surface area contributed by atoms with Crippen LogP contribution in [-0.4, -0.2) is 12.1 Å². The number of benzene rings is 1. The summed E-state index contributed by atoms with van der Waals surface area (Å²) in [6.45, 7) is 6.48. The SMILES string of the molecule is COc1cccc2c(N)ncc(C(C)(C)C)c12. The summed E-state index contributed by atoms with van der Waals surface area (Å²) >= 11 is 0. The van der Waals surface area contributed by atoms with Crippen molar-refractivity contribution in [2.75, 3.05) is 12.8 Å². The highest BCUT2D eigenvalue weighted by molar-refractivity contribution is 5.98. The Bertz CT molecular complexity index is 556. The molecule has 0 amide bonds. The number of nitrogens with two attached hydrogens (primary N) is 1. The summed E-state index contributed by atoms with van der Waals surface area (Å²) < 4.78 is 5.43. The average Bonchev–Trinajstić information content (AvgIpc) is 2.27. The molecule has 2 aromatic rings. The van der Waals surface area contributed by atoms with E-state index in [0.717, 1.165) is 22.1 Å². The van der Waals surface area contributed by atoms with E-state index in [9.17, 15) is 0 Å². The molecule has 0 aliphatic carbocycles. The van der Waals surface area contributed by atoms with E-state index < -0.39 is 0 Å². The number of pyridine rings is 1. The Balaban J connectivity index is 2.91. The lowest BCUT2D eigenvalue weighted by Crippen LogP contribution is -2.13. The van der Waals surface area contributed by atoms with Crippen LogP contribution in [-0.2, 0) is 5.41 Å². The molecule has 1 heterocycles. The van der Waals surface area contributed by atoms with Crippen molar-refractivity contribution in [3.63, 3.8) is 0 Å². The zero-order valence-electron chi connectivity index (χ0n) is 10.7. The van der Waals surface area contributed by atoms with Gasteiger partial charge >= 0.3 is 0 Å². The Kier molecular flexibility index (Phi) is 2.69. The lowest BCUT2D eigenvalue weighted by atomic mass is 9.84. The minimum atomic E-state index is 0.00752. The van der Waals surface area contributed by atoms with Crippen molar-refractivity contribution in [3.8, 4) is 5.75 Å². The third-order valence-corrected chi connectivity index (χ3v) is 2.93. The van der Waals surface area contributed by atoms with E-state index in [4.69, 9.17) is 10.5 Å². The smallest absolute Gasteiger partial charge is 0.131 e. The van der Waals surface area contributed by atoms with Gasteiger partial charge in [0.15, 0.2) is 0 Å². The predicted octanol–water partition coefficient (Wildman–Crippen LogP) is 3.12. The van der Waals surface area contributed by atoms with Crippen molar-refractivity contribution in [2.45, 2.75) is 26.2 Å². The van der Waals surface area contributed by atoms with Gasteiger partial charge in [-0.1, -0.05) is 32.9 Å². The van der Waals surface area contributed by atoms with Crippen LogP contribution >= 0.6 is 0 Å². The Morgan fingerprint density at radius 2 is 1.94 bits per heavy atom. The van der Waals surface area contributed by atoms with E-state index in [2.05, 4.69) is 25.8 Å². The molecular weight excluding hydrogens is 212 g/mol. The highest BCUT2D eigenvalue weighted by atomic mass is 16.5. The van der Waals surface area contributed by atoms with Gasteiger partial charge in [0.25, 0.3) is 0 Å². The number of hydrogen-bond donors (Lipinski definition) is 1. The monoisotopic (exact) mass is 230 g/mol. The van der Waals surface area contributed by atoms with E-state index in [0.29, 0.717) is 5.82 Å². The highest BCUT2D eigenvalue weighted by Crippen LogP contribution is 2.36. The van der Waals surface area contributed by atoms with Crippen molar-refractivity contribution in [3.05, 3.63) is 30.0 Å². The minimum absolute atomic E-state index is 0.00752. The molecule has 0 radical (unpaired) electrons. The normalized spacial score (nSPS) is 11.8. The largest absolute Gasteiger partial charge is 0.496 e. The van der Waals surface area contributed by atoms with Gasteiger partial charge in [-0.2, -0.15) is 0 Å². The van der Waals surface area contributed by atoms with Crippen molar-refractivity contribution < 1.29 is 4.74 Å². The van der Waals surface area contributed by atoms with Gasteiger partial charge in [-0.05, 0) is 17.0 Å². The summed E-state index contributed by atoms with van der Waals surface area (Å²) in [5.41, 5.74) is 7.08. The molecule has 0 fully saturated rings. The van der Waals surface area contributed by atoms with E-state index in [1.165, 1.54) is 0 Å². The summed E-state index contributed by atoms with van der Waals surface area (Å²) in [4.78, 5) is 4.27. The molecule has 3 heteroatoms. The first kappa shape index (κ1) is 11.7. The number of fused-ring (bicyclic) bond motifs is 1. The van der Waals surface area contributed by atoms with Crippen LogP contribution < -0.4 is 10.5 Å². The average molecular weight is 230 g/mol. The van der Waals surface area contributed by atoms with E-state index in [-0.39, 0.29) is 5.41 Å². The fourth-order valence-corrected chi connectivity index (χ4v) is 2.03.